The Bertz CT molecular complexity index is 1330. The average molecular weight is 439 g/mol. The van der Waals surface area contributed by atoms with Crippen LogP contribution in [-0.4, -0.2) is 27.3 Å². The number of hydrogen-bond donors (Lipinski definition) is 2. The zero-order valence-corrected chi connectivity index (χ0v) is 16.7. The van der Waals surface area contributed by atoms with Crippen LogP contribution in [0.25, 0.3) is 11.0 Å². The summed E-state index contributed by atoms with van der Waals surface area (Å²) >= 11 is 0. The van der Waals surface area contributed by atoms with Gasteiger partial charge < -0.3 is 14.8 Å². The Hall–Kier alpha value is -4.26. The molecule has 0 saturated carbocycles. The van der Waals surface area contributed by atoms with E-state index in [0.29, 0.717) is 22.3 Å². The third-order valence-corrected chi connectivity index (χ3v) is 4.65. The van der Waals surface area contributed by atoms with Crippen molar-refractivity contribution in [3.05, 3.63) is 70.9 Å². The average Bonchev–Trinajstić information content (AvgIpc) is 3.21. The molecule has 0 saturated heterocycles. The van der Waals surface area contributed by atoms with Gasteiger partial charge in [-0.15, -0.1) is 6.42 Å². The molecule has 162 valence electrons. The van der Waals surface area contributed by atoms with Crippen LogP contribution in [0.3, 0.4) is 0 Å². The van der Waals surface area contributed by atoms with E-state index in [0.717, 1.165) is 12.3 Å². The molecule has 0 aliphatic rings. The van der Waals surface area contributed by atoms with Gasteiger partial charge in [-0.25, -0.2) is 23.1 Å². The molecule has 0 fully saturated rings. The highest BCUT2D eigenvalue weighted by atomic mass is 19.1. The normalized spacial score (nSPS) is 10.7. The van der Waals surface area contributed by atoms with Gasteiger partial charge >= 0.3 is 0 Å². The predicted octanol–water partition coefficient (Wildman–Crippen LogP) is 3.95. The number of benzene rings is 1. The number of H-pyrrole nitrogens is 1. The Kier molecular flexibility index (Phi) is 5.81. The zero-order valence-electron chi connectivity index (χ0n) is 16.7. The van der Waals surface area contributed by atoms with Gasteiger partial charge in [-0.05, 0) is 24.3 Å². The van der Waals surface area contributed by atoms with Gasteiger partial charge in [0.2, 0.25) is 5.88 Å². The molecule has 0 aliphatic carbocycles. The Labute approximate surface area is 180 Å². The van der Waals surface area contributed by atoms with Crippen LogP contribution in [0.1, 0.15) is 16.8 Å². The van der Waals surface area contributed by atoms with Crippen LogP contribution in [0.4, 0.5) is 18.9 Å². The second-order valence-corrected chi connectivity index (χ2v) is 6.64. The molecular weight excluding hydrogens is 423 g/mol. The summed E-state index contributed by atoms with van der Waals surface area (Å²) in [6.07, 6.45) is 7.79. The van der Waals surface area contributed by atoms with Gasteiger partial charge in [-0.3, -0.25) is 5.10 Å². The number of aromatic nitrogens is 4. The maximum Gasteiger partial charge on any atom is 0.218 e. The van der Waals surface area contributed by atoms with Crippen molar-refractivity contribution in [3.63, 3.8) is 0 Å². The third-order valence-electron chi connectivity index (χ3n) is 4.65. The molecule has 0 amide bonds. The minimum absolute atomic E-state index is 0.00667. The lowest BCUT2D eigenvalue weighted by Crippen LogP contribution is -2.09. The molecule has 10 heteroatoms. The van der Waals surface area contributed by atoms with Gasteiger partial charge in [0.1, 0.15) is 29.7 Å². The van der Waals surface area contributed by atoms with Crippen molar-refractivity contribution in [2.45, 2.75) is 13.2 Å². The van der Waals surface area contributed by atoms with Crippen LogP contribution < -0.4 is 14.8 Å². The number of methoxy groups -OCH3 is 1. The molecule has 0 unspecified atom stereocenters. The van der Waals surface area contributed by atoms with Crippen molar-refractivity contribution < 1.29 is 22.6 Å². The third kappa shape index (κ3) is 4.13. The van der Waals surface area contributed by atoms with Crippen molar-refractivity contribution in [3.8, 4) is 24.0 Å². The van der Waals surface area contributed by atoms with E-state index in [1.54, 1.807) is 6.07 Å². The standard InChI is InChI=1S/C22H16F3N5O2/c1-3-18-15-7-14(10-27-21(15)30-29-18)32-11-16-17(24)4-5-19(20(16)25)26-8-12-6-13(23)9-28-22(12)31-2/h1,4-7,9-10,26H,8,11H2,2H3,(H,27,29,30). The van der Waals surface area contributed by atoms with Gasteiger partial charge in [0.15, 0.2) is 11.5 Å². The Balaban J connectivity index is 1.52. The van der Waals surface area contributed by atoms with Gasteiger partial charge in [0.25, 0.3) is 0 Å². The van der Waals surface area contributed by atoms with E-state index in [4.69, 9.17) is 15.9 Å². The summed E-state index contributed by atoms with van der Waals surface area (Å²) in [7, 11) is 1.39. The maximum absolute atomic E-state index is 15.0. The summed E-state index contributed by atoms with van der Waals surface area (Å²) < 4.78 is 53.4. The second kappa shape index (κ2) is 8.85. The van der Waals surface area contributed by atoms with E-state index >= 15 is 0 Å². The number of ether oxygens (including phenoxy) is 2. The Morgan fingerprint density at radius 3 is 2.78 bits per heavy atom. The van der Waals surface area contributed by atoms with Crippen molar-refractivity contribution >= 4 is 16.7 Å². The zero-order chi connectivity index (χ0) is 22.7. The number of halogens is 3. The minimum Gasteiger partial charge on any atom is -0.487 e. The van der Waals surface area contributed by atoms with Gasteiger partial charge in [0.05, 0.1) is 36.1 Å². The van der Waals surface area contributed by atoms with Crippen LogP contribution in [0.15, 0.2) is 36.7 Å². The van der Waals surface area contributed by atoms with Crippen LogP contribution in [0.2, 0.25) is 0 Å². The molecule has 0 radical (unpaired) electrons. The number of pyridine rings is 2. The van der Waals surface area contributed by atoms with Gasteiger partial charge in [-0.1, -0.05) is 5.92 Å². The highest BCUT2D eigenvalue weighted by Crippen LogP contribution is 2.26. The summed E-state index contributed by atoms with van der Waals surface area (Å²) in [6.45, 7) is -0.388. The SMILES string of the molecule is C#Cc1[nH]nc2ncc(OCc3c(F)ccc(NCc4cc(F)cnc4OC)c3F)cc12. The molecule has 3 heterocycles. The number of hydrogen-bond acceptors (Lipinski definition) is 6. The van der Waals surface area contributed by atoms with Crippen LogP contribution >= 0.6 is 0 Å². The van der Waals surface area contributed by atoms with Gasteiger partial charge in [-0.2, -0.15) is 5.10 Å². The van der Waals surface area contributed by atoms with E-state index in [1.165, 1.54) is 25.4 Å². The largest absolute Gasteiger partial charge is 0.487 e. The Morgan fingerprint density at radius 2 is 2.00 bits per heavy atom. The molecular formula is C22H16F3N5O2. The summed E-state index contributed by atoms with van der Waals surface area (Å²) in [6, 6.07) is 5.15. The number of rotatable bonds is 7. The fraction of sp³-hybridized carbons (Fsp3) is 0.136. The first-order valence-corrected chi connectivity index (χ1v) is 9.33. The first-order valence-electron chi connectivity index (χ1n) is 9.33. The maximum atomic E-state index is 15.0. The van der Waals surface area contributed by atoms with Crippen molar-refractivity contribution in [1.82, 2.24) is 20.2 Å². The molecule has 0 bridgehead atoms. The molecule has 0 spiro atoms. The fourth-order valence-corrected chi connectivity index (χ4v) is 3.06. The lowest BCUT2D eigenvalue weighted by atomic mass is 10.1. The number of nitrogens with zero attached hydrogens (tertiary/aromatic N) is 3. The topological polar surface area (TPSA) is 85.0 Å². The molecule has 1 aromatic carbocycles. The van der Waals surface area contributed by atoms with Crippen molar-refractivity contribution in [1.29, 1.82) is 0 Å². The minimum atomic E-state index is -0.838. The number of anilines is 1. The van der Waals surface area contributed by atoms with E-state index in [9.17, 15) is 13.2 Å². The lowest BCUT2D eigenvalue weighted by Gasteiger charge is -2.14. The molecule has 4 aromatic rings. The van der Waals surface area contributed by atoms with Crippen molar-refractivity contribution in [2.75, 3.05) is 12.4 Å². The molecule has 7 nitrogen and oxygen atoms in total. The summed E-state index contributed by atoms with van der Waals surface area (Å²) in [5.74, 6) is 0.718. The van der Waals surface area contributed by atoms with E-state index in [-0.39, 0.29) is 29.4 Å². The Morgan fingerprint density at radius 1 is 1.16 bits per heavy atom. The van der Waals surface area contributed by atoms with Crippen LogP contribution in [-0.2, 0) is 13.2 Å². The first kappa shape index (κ1) is 21.0. The number of fused-ring (bicyclic) bond motifs is 1. The van der Waals surface area contributed by atoms with E-state index in [2.05, 4.69) is 31.4 Å². The van der Waals surface area contributed by atoms with E-state index < -0.39 is 24.1 Å². The van der Waals surface area contributed by atoms with Crippen molar-refractivity contribution in [2.24, 2.45) is 0 Å². The van der Waals surface area contributed by atoms with Crippen LogP contribution in [0.5, 0.6) is 11.6 Å². The van der Waals surface area contributed by atoms with E-state index in [1.807, 2.05) is 0 Å². The summed E-state index contributed by atoms with van der Waals surface area (Å²) in [4.78, 5) is 7.92. The van der Waals surface area contributed by atoms with Gasteiger partial charge in [0, 0.05) is 12.1 Å². The first-order chi connectivity index (χ1) is 15.5. The highest BCUT2D eigenvalue weighted by Gasteiger charge is 2.16. The number of aromatic amines is 1. The molecule has 3 aromatic heterocycles. The quantitative estimate of drug-likeness (QED) is 0.424. The molecule has 0 atom stereocenters. The smallest absolute Gasteiger partial charge is 0.218 e. The molecule has 0 aliphatic heterocycles. The number of terminal acetylenes is 1. The molecule has 4 rings (SSSR count). The molecule has 2 N–H and O–H groups in total. The summed E-state index contributed by atoms with van der Waals surface area (Å²) in [5.41, 5.74) is 0.913. The second-order valence-electron chi connectivity index (χ2n) is 6.64. The highest BCUT2D eigenvalue weighted by molar-refractivity contribution is 5.81. The number of nitrogens with one attached hydrogen (secondary N) is 2. The summed E-state index contributed by atoms with van der Waals surface area (Å²) in [5, 5.41) is 9.97. The molecule has 32 heavy (non-hydrogen) atoms. The fourth-order valence-electron chi connectivity index (χ4n) is 3.06. The monoisotopic (exact) mass is 439 g/mol. The predicted molar refractivity (Wildman–Crippen MR) is 111 cm³/mol. The lowest BCUT2D eigenvalue weighted by molar-refractivity contribution is 0.292. The van der Waals surface area contributed by atoms with Crippen LogP contribution in [0, 0.1) is 29.8 Å².